The Morgan fingerprint density at radius 1 is 0.758 bits per heavy atom. The maximum absolute atomic E-state index is 11.4. The first-order valence-corrected chi connectivity index (χ1v) is 11.6. The fourth-order valence-electron chi connectivity index (χ4n) is 4.32. The van der Waals surface area contributed by atoms with Crippen LogP contribution in [0.4, 0.5) is 0 Å². The van der Waals surface area contributed by atoms with Gasteiger partial charge in [0.05, 0.1) is 0 Å². The minimum Gasteiger partial charge on any atom is -0.294 e. The van der Waals surface area contributed by atoms with Gasteiger partial charge in [-0.3, -0.25) is 4.79 Å². The first kappa shape index (κ1) is 22.5. The molecule has 0 saturated carbocycles. The molecule has 1 heteroatoms. The van der Waals surface area contributed by atoms with Crippen LogP contribution < -0.4 is 0 Å². The van der Waals surface area contributed by atoms with Crippen LogP contribution in [0.25, 0.3) is 11.1 Å². The van der Waals surface area contributed by atoms with Crippen LogP contribution >= 0.6 is 0 Å². The summed E-state index contributed by atoms with van der Waals surface area (Å²) in [5.74, 6) is 0.106. The molecule has 0 fully saturated rings. The van der Waals surface area contributed by atoms with Crippen molar-refractivity contribution in [2.45, 2.75) is 33.1 Å². The average Bonchev–Trinajstić information content (AvgIpc) is 3.26. The third-order valence-electron chi connectivity index (χ3n) is 6.06. The van der Waals surface area contributed by atoms with Crippen LogP contribution in [0.1, 0.15) is 39.5 Å². The quantitative estimate of drug-likeness (QED) is 0.238. The molecule has 0 saturated heterocycles. The average molecular weight is 431 g/mol. The van der Waals surface area contributed by atoms with Crippen LogP contribution in [-0.4, -0.2) is 5.78 Å². The number of rotatable bonds is 4. The lowest BCUT2D eigenvalue weighted by molar-refractivity contribution is 0.101. The van der Waals surface area contributed by atoms with Gasteiger partial charge in [0.15, 0.2) is 5.78 Å². The predicted octanol–water partition coefficient (Wildman–Crippen LogP) is 7.82. The summed E-state index contributed by atoms with van der Waals surface area (Å²) in [6, 6.07) is 35.2. The lowest BCUT2D eigenvalue weighted by atomic mass is 9.98. The molecule has 0 bridgehead atoms. The number of allylic oxidation sites excluding steroid dienone is 2. The number of carbonyl (C=O) groups is 1. The third-order valence-corrected chi connectivity index (χ3v) is 6.06. The minimum absolute atomic E-state index is 0.106. The zero-order valence-corrected chi connectivity index (χ0v) is 19.4. The van der Waals surface area contributed by atoms with E-state index in [2.05, 4.69) is 61.5 Å². The van der Waals surface area contributed by atoms with Gasteiger partial charge in [0, 0.05) is 5.56 Å². The van der Waals surface area contributed by atoms with Gasteiger partial charge in [-0.05, 0) is 60.9 Å². The number of fused-ring (bicyclic) bond motifs is 1. The highest BCUT2D eigenvalue weighted by Gasteiger charge is 2.14. The molecule has 0 radical (unpaired) electrons. The molecule has 0 aromatic heterocycles. The van der Waals surface area contributed by atoms with E-state index in [0.717, 1.165) is 36.0 Å². The van der Waals surface area contributed by atoms with Gasteiger partial charge in [-0.2, -0.15) is 0 Å². The van der Waals surface area contributed by atoms with Gasteiger partial charge >= 0.3 is 0 Å². The summed E-state index contributed by atoms with van der Waals surface area (Å²) in [5, 5.41) is 0. The molecule has 1 nitrogen and oxygen atoms in total. The summed E-state index contributed by atoms with van der Waals surface area (Å²) in [4.78, 5) is 11.4. The Morgan fingerprint density at radius 3 is 2.12 bits per heavy atom. The Hall–Kier alpha value is -3.71. The van der Waals surface area contributed by atoms with E-state index in [1.807, 2.05) is 54.6 Å². The molecule has 164 valence electrons. The molecule has 0 aliphatic heterocycles. The van der Waals surface area contributed by atoms with Gasteiger partial charge in [0.2, 0.25) is 0 Å². The second kappa shape index (κ2) is 10.7. The van der Waals surface area contributed by atoms with Crippen molar-refractivity contribution in [3.8, 4) is 11.1 Å². The fourth-order valence-corrected chi connectivity index (χ4v) is 4.32. The number of benzene rings is 4. The van der Waals surface area contributed by atoms with Gasteiger partial charge in [0.25, 0.3) is 0 Å². The minimum atomic E-state index is 0.106. The Bertz CT molecular complexity index is 1250. The molecule has 33 heavy (non-hydrogen) atoms. The van der Waals surface area contributed by atoms with Gasteiger partial charge in [-0.25, -0.2) is 0 Å². The molecule has 4 aromatic rings. The number of Topliss-reactive ketones (excluding diaryl/α,β-unsaturated/α-hetero) is 1. The van der Waals surface area contributed by atoms with Gasteiger partial charge in [0.1, 0.15) is 0 Å². The van der Waals surface area contributed by atoms with Crippen molar-refractivity contribution >= 4 is 5.78 Å². The van der Waals surface area contributed by atoms with E-state index in [0.29, 0.717) is 0 Å². The largest absolute Gasteiger partial charge is 0.294 e. The van der Waals surface area contributed by atoms with Crippen LogP contribution in [0.3, 0.4) is 0 Å². The lowest BCUT2D eigenvalue weighted by Crippen LogP contribution is -1.95. The lowest BCUT2D eigenvalue weighted by Gasteiger charge is -2.06. The zero-order chi connectivity index (χ0) is 23.0. The molecule has 0 heterocycles. The Morgan fingerprint density at radius 2 is 1.39 bits per heavy atom. The van der Waals surface area contributed by atoms with Gasteiger partial charge in [-0.1, -0.05) is 120 Å². The second-order valence-electron chi connectivity index (χ2n) is 8.65. The third kappa shape index (κ3) is 5.96. The fraction of sp³-hybridized carbons (Fsp3) is 0.156. The van der Waals surface area contributed by atoms with Crippen LogP contribution in [0.15, 0.2) is 115 Å². The maximum Gasteiger partial charge on any atom is 0.160 e. The van der Waals surface area contributed by atoms with Gasteiger partial charge in [-0.15, -0.1) is 0 Å². The first-order chi connectivity index (χ1) is 16.1. The van der Waals surface area contributed by atoms with E-state index in [9.17, 15) is 4.79 Å². The van der Waals surface area contributed by atoms with Crippen molar-refractivity contribution in [3.63, 3.8) is 0 Å². The first-order valence-electron chi connectivity index (χ1n) is 11.6. The Labute approximate surface area is 197 Å². The van der Waals surface area contributed by atoms with Crippen LogP contribution in [0.2, 0.25) is 0 Å². The normalized spacial score (nSPS) is 13.2. The molecule has 5 rings (SSSR count). The summed E-state index contributed by atoms with van der Waals surface area (Å²) in [7, 11) is 0. The smallest absolute Gasteiger partial charge is 0.160 e. The molecule has 0 amide bonds. The van der Waals surface area contributed by atoms with E-state index in [4.69, 9.17) is 0 Å². The zero-order valence-electron chi connectivity index (χ0n) is 19.4. The summed E-state index contributed by atoms with van der Waals surface area (Å²) < 4.78 is 0. The molecule has 4 aromatic carbocycles. The van der Waals surface area contributed by atoms with Crippen LogP contribution in [-0.2, 0) is 19.3 Å². The van der Waals surface area contributed by atoms with Crippen LogP contribution in [0.5, 0.6) is 0 Å². The van der Waals surface area contributed by atoms with Crippen molar-refractivity contribution in [2.24, 2.45) is 0 Å². The van der Waals surface area contributed by atoms with Crippen molar-refractivity contribution in [3.05, 3.63) is 143 Å². The Kier molecular flexibility index (Phi) is 7.32. The highest BCUT2D eigenvalue weighted by Crippen LogP contribution is 2.27. The molecular formula is C32H30O. The predicted molar refractivity (Wildman–Crippen MR) is 139 cm³/mol. The summed E-state index contributed by atoms with van der Waals surface area (Å²) in [5.41, 5.74) is 10.3. The molecule has 0 spiro atoms. The number of aryl methyl sites for hydroxylation is 1. The van der Waals surface area contributed by atoms with Crippen molar-refractivity contribution in [1.29, 1.82) is 0 Å². The number of ketones is 1. The van der Waals surface area contributed by atoms with Crippen LogP contribution in [0, 0.1) is 6.92 Å². The van der Waals surface area contributed by atoms with Gasteiger partial charge < -0.3 is 0 Å². The van der Waals surface area contributed by atoms with E-state index in [-0.39, 0.29) is 5.78 Å². The molecule has 1 aliphatic carbocycles. The Balaban J connectivity index is 0.000000160. The molecule has 0 unspecified atom stereocenters. The molecule has 0 N–H and O–H groups in total. The highest BCUT2D eigenvalue weighted by molar-refractivity contribution is 6.00. The number of hydrogen-bond donors (Lipinski definition) is 0. The summed E-state index contributed by atoms with van der Waals surface area (Å²) in [6.45, 7) is 3.77. The van der Waals surface area contributed by atoms with Crippen molar-refractivity contribution in [1.82, 2.24) is 0 Å². The van der Waals surface area contributed by atoms with E-state index < -0.39 is 0 Å². The molecule has 0 atom stereocenters. The maximum atomic E-state index is 11.4. The number of hydrogen-bond acceptors (Lipinski definition) is 1. The summed E-state index contributed by atoms with van der Waals surface area (Å²) in [6.07, 6.45) is 5.75. The monoisotopic (exact) mass is 430 g/mol. The van der Waals surface area contributed by atoms with Crippen molar-refractivity contribution in [2.75, 3.05) is 0 Å². The van der Waals surface area contributed by atoms with Crippen molar-refractivity contribution < 1.29 is 4.79 Å². The molecule has 1 aliphatic rings. The van der Waals surface area contributed by atoms with E-state index in [1.54, 1.807) is 12.5 Å². The summed E-state index contributed by atoms with van der Waals surface area (Å²) >= 11 is 0. The van der Waals surface area contributed by atoms with E-state index in [1.165, 1.54) is 22.3 Å². The number of carbonyl (C=O) groups excluding carboxylic acids is 1. The highest BCUT2D eigenvalue weighted by atomic mass is 16.1. The SMILES string of the molecule is CC(=O)c1ccccc1-c1ccccc1.Cc1ccc2c(c1)C/C(=C\Cc1ccccc1)C2. The topological polar surface area (TPSA) is 17.1 Å². The van der Waals surface area contributed by atoms with E-state index >= 15 is 0 Å². The second-order valence-corrected chi connectivity index (χ2v) is 8.65. The molecular weight excluding hydrogens is 400 g/mol. The standard InChI is InChI=1S/C18H18.C14H12O/c1-14-7-10-17-12-16(13-18(17)11-14)9-8-15-5-3-2-4-6-15;1-11(15)13-9-5-6-10-14(13)12-7-3-2-4-8-12/h2-7,9-11H,8,12-13H2,1H3;2-10H,1H3/b16-9-;.